The molecule has 0 aliphatic carbocycles. The number of amides is 1. The lowest BCUT2D eigenvalue weighted by Gasteiger charge is -2.16. The third-order valence-corrected chi connectivity index (χ3v) is 6.74. The van der Waals surface area contributed by atoms with Crippen LogP contribution in [0.25, 0.3) is 10.2 Å². The van der Waals surface area contributed by atoms with E-state index in [0.29, 0.717) is 32.9 Å². The molecule has 8 heteroatoms. The number of nitrogens with one attached hydrogen (secondary N) is 1. The molecule has 5 rings (SSSR count). The van der Waals surface area contributed by atoms with Gasteiger partial charge in [-0.05, 0) is 43.9 Å². The van der Waals surface area contributed by atoms with E-state index in [2.05, 4.69) is 20.2 Å². The van der Waals surface area contributed by atoms with Gasteiger partial charge < -0.3 is 10.2 Å². The second kappa shape index (κ2) is 6.70. The summed E-state index contributed by atoms with van der Waals surface area (Å²) in [6.07, 6.45) is 5.85. The number of carbonyl (C=O) groups excluding carboxylic acids is 1. The van der Waals surface area contributed by atoms with E-state index < -0.39 is 0 Å². The predicted octanol–water partition coefficient (Wildman–Crippen LogP) is 2.96. The topological polar surface area (TPSA) is 80.1 Å². The minimum atomic E-state index is -0.221. The Morgan fingerprint density at radius 1 is 1.18 bits per heavy atom. The van der Waals surface area contributed by atoms with Crippen molar-refractivity contribution in [3.63, 3.8) is 0 Å². The first-order valence-corrected chi connectivity index (χ1v) is 10.5. The van der Waals surface area contributed by atoms with E-state index in [4.69, 9.17) is 0 Å². The fourth-order valence-corrected chi connectivity index (χ4v) is 5.16. The number of nitrogens with zero attached hydrogens (tertiary/aromatic N) is 4. The lowest BCUT2D eigenvalue weighted by Crippen LogP contribution is -2.21. The predicted molar refractivity (Wildman–Crippen MR) is 111 cm³/mol. The maximum absolute atomic E-state index is 12.8. The molecule has 0 unspecified atom stereocenters. The summed E-state index contributed by atoms with van der Waals surface area (Å²) in [7, 11) is 0. The summed E-state index contributed by atoms with van der Waals surface area (Å²) >= 11 is 1.29. The molecule has 0 aromatic carbocycles. The fourth-order valence-electron chi connectivity index (χ4n) is 4.07. The lowest BCUT2D eigenvalue weighted by atomic mass is 10.2. The van der Waals surface area contributed by atoms with E-state index >= 15 is 0 Å². The average molecular weight is 395 g/mol. The molecule has 1 amide bonds. The van der Waals surface area contributed by atoms with Gasteiger partial charge in [-0.3, -0.25) is 14.2 Å². The Bertz CT molecular complexity index is 1130. The molecule has 1 fully saturated rings. The number of hydrogen-bond acceptors (Lipinski definition) is 6. The summed E-state index contributed by atoms with van der Waals surface area (Å²) in [6, 6.07) is 3.82. The number of carbonyl (C=O) groups is 1. The van der Waals surface area contributed by atoms with E-state index in [-0.39, 0.29) is 11.5 Å². The van der Waals surface area contributed by atoms with Gasteiger partial charge >= 0.3 is 0 Å². The highest BCUT2D eigenvalue weighted by molar-refractivity contribution is 7.20. The van der Waals surface area contributed by atoms with Crippen molar-refractivity contribution in [2.45, 2.75) is 39.2 Å². The van der Waals surface area contributed by atoms with Gasteiger partial charge in [0.25, 0.3) is 11.5 Å². The second-order valence-corrected chi connectivity index (χ2v) is 8.38. The standard InChI is InChI=1S/C20H21N5O2S/c1-12-16-19(23-15-5-4-10-25(15)20(16)27)28-17(12)18(26)22-13-6-7-14(21-11-13)24-8-2-3-9-24/h6-7,11H,2-5,8-10H2,1H3,(H,22,26). The summed E-state index contributed by atoms with van der Waals surface area (Å²) in [4.78, 5) is 38.2. The number of anilines is 2. The van der Waals surface area contributed by atoms with Gasteiger partial charge in [0, 0.05) is 26.1 Å². The smallest absolute Gasteiger partial charge is 0.266 e. The zero-order chi connectivity index (χ0) is 19.3. The van der Waals surface area contributed by atoms with Crippen LogP contribution in [-0.4, -0.2) is 33.5 Å². The van der Waals surface area contributed by atoms with Crippen molar-refractivity contribution in [2.24, 2.45) is 0 Å². The highest BCUT2D eigenvalue weighted by Gasteiger charge is 2.23. The zero-order valence-electron chi connectivity index (χ0n) is 15.7. The Morgan fingerprint density at radius 2 is 2.00 bits per heavy atom. The maximum atomic E-state index is 12.8. The summed E-state index contributed by atoms with van der Waals surface area (Å²) in [6.45, 7) is 4.61. The summed E-state index contributed by atoms with van der Waals surface area (Å²) in [5.74, 6) is 1.55. The van der Waals surface area contributed by atoms with Crippen LogP contribution in [0.1, 0.15) is 40.3 Å². The first-order valence-electron chi connectivity index (χ1n) is 9.67. The summed E-state index contributed by atoms with van der Waals surface area (Å²) < 4.78 is 1.74. The average Bonchev–Trinajstić information content (AvgIpc) is 3.43. The van der Waals surface area contributed by atoms with Crippen LogP contribution in [0, 0.1) is 6.92 Å². The molecule has 3 aromatic rings. The molecule has 0 bridgehead atoms. The van der Waals surface area contributed by atoms with Crippen LogP contribution in [0.5, 0.6) is 0 Å². The minimum absolute atomic E-state index is 0.0260. The van der Waals surface area contributed by atoms with Crippen LogP contribution < -0.4 is 15.8 Å². The van der Waals surface area contributed by atoms with E-state index in [9.17, 15) is 9.59 Å². The molecule has 3 aromatic heterocycles. The number of rotatable bonds is 3. The van der Waals surface area contributed by atoms with Crippen LogP contribution in [0.4, 0.5) is 11.5 Å². The van der Waals surface area contributed by atoms with Crippen molar-refractivity contribution in [2.75, 3.05) is 23.3 Å². The Balaban J connectivity index is 1.42. The Morgan fingerprint density at radius 3 is 2.75 bits per heavy atom. The van der Waals surface area contributed by atoms with Gasteiger partial charge in [-0.15, -0.1) is 11.3 Å². The SMILES string of the molecule is Cc1c(C(=O)Nc2ccc(N3CCCC3)nc2)sc2nc3n(c(=O)c12)CCC3. The number of pyridine rings is 1. The molecule has 0 saturated carbocycles. The molecule has 0 atom stereocenters. The third-order valence-electron chi connectivity index (χ3n) is 5.55. The van der Waals surface area contributed by atoms with Gasteiger partial charge in [-0.1, -0.05) is 0 Å². The van der Waals surface area contributed by atoms with E-state index in [0.717, 1.165) is 37.6 Å². The van der Waals surface area contributed by atoms with Crippen LogP contribution >= 0.6 is 11.3 Å². The number of aryl methyl sites for hydroxylation is 2. The molecule has 2 aliphatic heterocycles. The van der Waals surface area contributed by atoms with Crippen LogP contribution in [0.15, 0.2) is 23.1 Å². The first kappa shape index (κ1) is 17.4. The molecule has 1 saturated heterocycles. The van der Waals surface area contributed by atoms with Crippen molar-refractivity contribution in [3.8, 4) is 0 Å². The molecular weight excluding hydrogens is 374 g/mol. The van der Waals surface area contributed by atoms with Gasteiger partial charge in [0.05, 0.1) is 22.1 Å². The van der Waals surface area contributed by atoms with Gasteiger partial charge in [0.15, 0.2) is 0 Å². The third kappa shape index (κ3) is 2.79. The zero-order valence-corrected chi connectivity index (χ0v) is 16.5. The second-order valence-electron chi connectivity index (χ2n) is 7.38. The molecule has 5 heterocycles. The summed E-state index contributed by atoms with van der Waals surface area (Å²) in [5.41, 5.74) is 1.33. The Labute approximate surface area is 166 Å². The number of fused-ring (bicyclic) bond motifs is 2. The Hall–Kier alpha value is -2.74. The quantitative estimate of drug-likeness (QED) is 0.738. The van der Waals surface area contributed by atoms with E-state index in [1.807, 2.05) is 19.1 Å². The molecule has 144 valence electrons. The molecule has 28 heavy (non-hydrogen) atoms. The molecule has 0 spiro atoms. The molecule has 1 N–H and O–H groups in total. The maximum Gasteiger partial charge on any atom is 0.266 e. The van der Waals surface area contributed by atoms with E-state index in [1.54, 1.807) is 10.8 Å². The lowest BCUT2D eigenvalue weighted by molar-refractivity contribution is 0.103. The molecular formula is C20H21N5O2S. The Kier molecular flexibility index (Phi) is 4.16. The van der Waals surface area contributed by atoms with Gasteiger partial charge in [0.2, 0.25) is 0 Å². The number of hydrogen-bond donors (Lipinski definition) is 1. The number of thiophene rings is 1. The molecule has 2 aliphatic rings. The first-order chi connectivity index (χ1) is 13.6. The molecule has 7 nitrogen and oxygen atoms in total. The number of aromatic nitrogens is 3. The van der Waals surface area contributed by atoms with Crippen molar-refractivity contribution in [1.29, 1.82) is 0 Å². The van der Waals surface area contributed by atoms with Crippen molar-refractivity contribution in [1.82, 2.24) is 14.5 Å². The van der Waals surface area contributed by atoms with Crippen molar-refractivity contribution < 1.29 is 4.79 Å². The normalized spacial score (nSPS) is 16.0. The van der Waals surface area contributed by atoms with E-state index in [1.165, 1.54) is 24.2 Å². The van der Waals surface area contributed by atoms with Crippen molar-refractivity contribution in [3.05, 3.63) is 44.9 Å². The molecule has 0 radical (unpaired) electrons. The largest absolute Gasteiger partial charge is 0.357 e. The van der Waals surface area contributed by atoms with Crippen LogP contribution in [0.3, 0.4) is 0 Å². The monoisotopic (exact) mass is 395 g/mol. The van der Waals surface area contributed by atoms with Gasteiger partial charge in [-0.25, -0.2) is 9.97 Å². The van der Waals surface area contributed by atoms with Crippen LogP contribution in [-0.2, 0) is 13.0 Å². The summed E-state index contributed by atoms with van der Waals surface area (Å²) in [5, 5.41) is 3.48. The highest BCUT2D eigenvalue weighted by Crippen LogP contribution is 2.29. The van der Waals surface area contributed by atoms with Crippen molar-refractivity contribution >= 4 is 39.0 Å². The minimum Gasteiger partial charge on any atom is -0.357 e. The highest BCUT2D eigenvalue weighted by atomic mass is 32.1. The fraction of sp³-hybridized carbons (Fsp3) is 0.400. The van der Waals surface area contributed by atoms with Gasteiger partial charge in [0.1, 0.15) is 16.5 Å². The van der Waals surface area contributed by atoms with Gasteiger partial charge in [-0.2, -0.15) is 0 Å². The van der Waals surface area contributed by atoms with Crippen LogP contribution in [0.2, 0.25) is 0 Å².